The van der Waals surface area contributed by atoms with Crippen LogP contribution in [-0.4, -0.2) is 7.11 Å². The van der Waals surface area contributed by atoms with E-state index in [9.17, 15) is 4.39 Å². The molecule has 1 fully saturated rings. The van der Waals surface area contributed by atoms with Gasteiger partial charge in [-0.3, -0.25) is 0 Å². The van der Waals surface area contributed by atoms with Crippen LogP contribution in [0.5, 0.6) is 0 Å². The van der Waals surface area contributed by atoms with Crippen molar-refractivity contribution in [3.8, 4) is 22.3 Å². The molecule has 30 heavy (non-hydrogen) atoms. The molecule has 0 spiro atoms. The van der Waals surface area contributed by atoms with Gasteiger partial charge >= 0.3 is 0 Å². The van der Waals surface area contributed by atoms with Crippen LogP contribution in [0.4, 0.5) is 4.39 Å². The molecular formula is C28H29FO. The molecule has 0 N–H and O–H groups in total. The minimum Gasteiger partial charge on any atom is -0.380 e. The molecule has 0 unspecified atom stereocenters. The van der Waals surface area contributed by atoms with Gasteiger partial charge in [-0.1, -0.05) is 66.7 Å². The van der Waals surface area contributed by atoms with Crippen molar-refractivity contribution in [1.29, 1.82) is 0 Å². The molecule has 1 saturated carbocycles. The lowest BCUT2D eigenvalue weighted by Crippen LogP contribution is -2.11. The summed E-state index contributed by atoms with van der Waals surface area (Å²) in [6.45, 7) is 4.51. The molecule has 0 bridgehead atoms. The monoisotopic (exact) mass is 400 g/mol. The van der Waals surface area contributed by atoms with E-state index in [0.717, 1.165) is 22.3 Å². The Morgan fingerprint density at radius 2 is 1.50 bits per heavy atom. The second-order valence-electron chi connectivity index (χ2n) is 8.29. The molecule has 4 rings (SSSR count). The fourth-order valence-electron chi connectivity index (χ4n) is 4.51. The van der Waals surface area contributed by atoms with Crippen LogP contribution in [0.25, 0.3) is 22.3 Å². The maximum Gasteiger partial charge on any atom is 0.131 e. The Morgan fingerprint density at radius 3 is 2.10 bits per heavy atom. The van der Waals surface area contributed by atoms with Crippen molar-refractivity contribution >= 4 is 0 Å². The van der Waals surface area contributed by atoms with Gasteiger partial charge in [-0.15, -0.1) is 6.58 Å². The first kappa shape index (κ1) is 20.6. The maximum atomic E-state index is 14.9. The average Bonchev–Trinajstić information content (AvgIpc) is 2.80. The Hall–Kier alpha value is -2.71. The number of methoxy groups -OCH3 is 1. The van der Waals surface area contributed by atoms with Gasteiger partial charge in [0, 0.05) is 12.7 Å². The van der Waals surface area contributed by atoms with Crippen molar-refractivity contribution in [2.45, 2.75) is 38.2 Å². The number of allylic oxidation sites excluding steroid dienone is 1. The molecule has 1 nitrogen and oxygen atoms in total. The standard InChI is InChI=1S/C28H29FO/c1-3-20-4-8-22(9-5-20)23-12-14-25(15-13-23)27-17-16-26(18-28(27)29)24-10-6-21(7-11-24)19-30-2/h3,6-7,10-18,20,22H,1,4-5,8-9,19H2,2H3/t20-,22-. The molecule has 2 heteroatoms. The molecule has 154 valence electrons. The highest BCUT2D eigenvalue weighted by Gasteiger charge is 2.20. The second kappa shape index (κ2) is 9.40. The van der Waals surface area contributed by atoms with Gasteiger partial charge in [-0.2, -0.15) is 0 Å². The van der Waals surface area contributed by atoms with E-state index in [0.29, 0.717) is 24.0 Å². The van der Waals surface area contributed by atoms with Crippen molar-refractivity contribution in [3.05, 3.63) is 96.3 Å². The van der Waals surface area contributed by atoms with E-state index in [1.807, 2.05) is 36.4 Å². The fourth-order valence-corrected chi connectivity index (χ4v) is 4.51. The minimum absolute atomic E-state index is 0.187. The predicted molar refractivity (Wildman–Crippen MR) is 123 cm³/mol. The van der Waals surface area contributed by atoms with Crippen molar-refractivity contribution in [2.24, 2.45) is 5.92 Å². The lowest BCUT2D eigenvalue weighted by atomic mass is 9.78. The molecule has 0 saturated heterocycles. The zero-order valence-corrected chi connectivity index (χ0v) is 17.6. The summed E-state index contributed by atoms with van der Waals surface area (Å²) in [6, 6.07) is 22.1. The molecular weight excluding hydrogens is 371 g/mol. The third kappa shape index (κ3) is 4.55. The van der Waals surface area contributed by atoms with Gasteiger partial charge in [0.2, 0.25) is 0 Å². The highest BCUT2D eigenvalue weighted by molar-refractivity contribution is 5.71. The van der Waals surface area contributed by atoms with Crippen LogP contribution in [0.3, 0.4) is 0 Å². The van der Waals surface area contributed by atoms with E-state index in [2.05, 4.69) is 36.9 Å². The van der Waals surface area contributed by atoms with E-state index in [4.69, 9.17) is 4.74 Å². The van der Waals surface area contributed by atoms with Crippen molar-refractivity contribution in [2.75, 3.05) is 7.11 Å². The van der Waals surface area contributed by atoms with Gasteiger partial charge < -0.3 is 4.74 Å². The van der Waals surface area contributed by atoms with E-state index in [-0.39, 0.29) is 5.82 Å². The van der Waals surface area contributed by atoms with Gasteiger partial charge in [-0.25, -0.2) is 4.39 Å². The fraction of sp³-hybridized carbons (Fsp3) is 0.286. The quantitative estimate of drug-likeness (QED) is 0.384. The van der Waals surface area contributed by atoms with Crippen LogP contribution < -0.4 is 0 Å². The number of rotatable bonds is 6. The van der Waals surface area contributed by atoms with E-state index in [1.54, 1.807) is 13.2 Å². The number of halogens is 1. The molecule has 0 amide bonds. The summed E-state index contributed by atoms with van der Waals surface area (Å²) >= 11 is 0. The van der Waals surface area contributed by atoms with Crippen molar-refractivity contribution in [1.82, 2.24) is 0 Å². The highest BCUT2D eigenvalue weighted by atomic mass is 19.1. The summed E-state index contributed by atoms with van der Waals surface area (Å²) in [4.78, 5) is 0. The molecule has 0 aromatic heterocycles. The van der Waals surface area contributed by atoms with E-state index in [1.165, 1.54) is 31.2 Å². The smallest absolute Gasteiger partial charge is 0.131 e. The topological polar surface area (TPSA) is 9.23 Å². The van der Waals surface area contributed by atoms with Crippen LogP contribution in [0.1, 0.15) is 42.7 Å². The zero-order valence-electron chi connectivity index (χ0n) is 17.6. The average molecular weight is 401 g/mol. The number of hydrogen-bond donors (Lipinski definition) is 0. The third-order valence-corrected chi connectivity index (χ3v) is 6.37. The Kier molecular flexibility index (Phi) is 6.44. The molecule has 1 aliphatic rings. The molecule has 0 radical (unpaired) electrons. The molecule has 3 aromatic rings. The van der Waals surface area contributed by atoms with Crippen LogP contribution in [0.15, 0.2) is 79.4 Å². The highest BCUT2D eigenvalue weighted by Crippen LogP contribution is 2.37. The van der Waals surface area contributed by atoms with Gasteiger partial charge in [-0.05, 0) is 71.4 Å². The Morgan fingerprint density at radius 1 is 0.867 bits per heavy atom. The van der Waals surface area contributed by atoms with E-state index >= 15 is 0 Å². The van der Waals surface area contributed by atoms with Crippen molar-refractivity contribution in [3.63, 3.8) is 0 Å². The molecule has 0 heterocycles. The first-order valence-corrected chi connectivity index (χ1v) is 10.8. The van der Waals surface area contributed by atoms with Crippen LogP contribution >= 0.6 is 0 Å². The second-order valence-corrected chi connectivity index (χ2v) is 8.29. The molecule has 3 aromatic carbocycles. The lowest BCUT2D eigenvalue weighted by molar-refractivity contribution is 0.185. The van der Waals surface area contributed by atoms with Crippen molar-refractivity contribution < 1.29 is 9.13 Å². The lowest BCUT2D eigenvalue weighted by Gasteiger charge is -2.27. The first-order valence-electron chi connectivity index (χ1n) is 10.8. The van der Waals surface area contributed by atoms with Crippen LogP contribution in [-0.2, 0) is 11.3 Å². The summed E-state index contributed by atoms with van der Waals surface area (Å²) in [5, 5.41) is 0. The van der Waals surface area contributed by atoms with Gasteiger partial charge in [0.05, 0.1) is 6.61 Å². The van der Waals surface area contributed by atoms with Crippen LogP contribution in [0, 0.1) is 11.7 Å². The Balaban J connectivity index is 1.49. The zero-order chi connectivity index (χ0) is 20.9. The predicted octanol–water partition coefficient (Wildman–Crippen LogP) is 7.77. The Bertz CT molecular complexity index is 980. The number of ether oxygens (including phenoxy) is 1. The van der Waals surface area contributed by atoms with Gasteiger partial charge in [0.25, 0.3) is 0 Å². The van der Waals surface area contributed by atoms with Crippen LogP contribution in [0.2, 0.25) is 0 Å². The van der Waals surface area contributed by atoms with Gasteiger partial charge in [0.15, 0.2) is 0 Å². The molecule has 0 atom stereocenters. The third-order valence-electron chi connectivity index (χ3n) is 6.37. The van der Waals surface area contributed by atoms with E-state index < -0.39 is 0 Å². The summed E-state index contributed by atoms with van der Waals surface area (Å²) in [6.07, 6.45) is 6.96. The Labute approximate surface area is 179 Å². The SMILES string of the molecule is C=C[C@H]1CC[C@H](c2ccc(-c3ccc(-c4ccc(COC)cc4)cc3F)cc2)CC1. The summed E-state index contributed by atoms with van der Waals surface area (Å²) in [5.41, 5.74) is 5.95. The maximum absolute atomic E-state index is 14.9. The summed E-state index contributed by atoms with van der Waals surface area (Å²) in [7, 11) is 1.68. The van der Waals surface area contributed by atoms with Gasteiger partial charge in [0.1, 0.15) is 5.82 Å². The normalized spacial score (nSPS) is 18.9. The number of hydrogen-bond acceptors (Lipinski definition) is 1. The number of benzene rings is 3. The first-order chi connectivity index (χ1) is 14.7. The molecule has 0 aliphatic heterocycles. The summed E-state index contributed by atoms with van der Waals surface area (Å²) in [5.74, 6) is 1.10. The minimum atomic E-state index is -0.187. The molecule has 1 aliphatic carbocycles. The summed E-state index contributed by atoms with van der Waals surface area (Å²) < 4.78 is 20.1. The largest absolute Gasteiger partial charge is 0.380 e.